The van der Waals surface area contributed by atoms with E-state index >= 15 is 0 Å². The van der Waals surface area contributed by atoms with Crippen molar-refractivity contribution in [3.8, 4) is 11.5 Å². The van der Waals surface area contributed by atoms with E-state index in [0.29, 0.717) is 13.2 Å². The highest BCUT2D eigenvalue weighted by atomic mass is 16.5. The summed E-state index contributed by atoms with van der Waals surface area (Å²) in [6, 6.07) is 15.5. The van der Waals surface area contributed by atoms with Crippen LogP contribution in [0.25, 0.3) is 0 Å². The third-order valence-corrected chi connectivity index (χ3v) is 4.79. The molecule has 0 bridgehead atoms. The van der Waals surface area contributed by atoms with Crippen molar-refractivity contribution in [1.82, 2.24) is 10.2 Å². The number of rotatable bonds is 7. The van der Waals surface area contributed by atoms with Gasteiger partial charge >= 0.3 is 0 Å². The van der Waals surface area contributed by atoms with Crippen LogP contribution in [0.4, 0.5) is 0 Å². The summed E-state index contributed by atoms with van der Waals surface area (Å²) in [6.45, 7) is 11.5. The Morgan fingerprint density at radius 3 is 2.15 bits per heavy atom. The molecule has 4 nitrogen and oxygen atoms in total. The monoisotopic (exact) mass is 354 g/mol. The molecule has 26 heavy (non-hydrogen) atoms. The number of hydrogen-bond acceptors (Lipinski definition) is 4. The lowest BCUT2D eigenvalue weighted by Gasteiger charge is -2.36. The quantitative estimate of drug-likeness (QED) is 0.820. The van der Waals surface area contributed by atoms with Gasteiger partial charge in [0.15, 0.2) is 11.5 Å². The zero-order valence-electron chi connectivity index (χ0n) is 16.1. The molecule has 0 aromatic heterocycles. The maximum atomic E-state index is 5.87. The number of aryl methyl sites for hydroxylation is 1. The molecule has 140 valence electrons. The Labute approximate surface area is 157 Å². The Kier molecular flexibility index (Phi) is 6.53. The van der Waals surface area contributed by atoms with E-state index in [4.69, 9.17) is 9.47 Å². The predicted octanol–water partition coefficient (Wildman–Crippen LogP) is 3.79. The van der Waals surface area contributed by atoms with Gasteiger partial charge in [-0.1, -0.05) is 35.9 Å². The van der Waals surface area contributed by atoms with Gasteiger partial charge < -0.3 is 14.8 Å². The minimum Gasteiger partial charge on any atom is -0.490 e. The first-order chi connectivity index (χ1) is 12.7. The number of nitrogens with one attached hydrogen (secondary N) is 1. The van der Waals surface area contributed by atoms with Gasteiger partial charge in [-0.2, -0.15) is 0 Å². The molecule has 1 atom stereocenters. The third-order valence-electron chi connectivity index (χ3n) is 4.79. The molecule has 0 saturated carbocycles. The van der Waals surface area contributed by atoms with Crippen molar-refractivity contribution in [3.05, 3.63) is 59.2 Å². The zero-order valence-corrected chi connectivity index (χ0v) is 16.1. The molecule has 1 aliphatic heterocycles. The van der Waals surface area contributed by atoms with Gasteiger partial charge in [0, 0.05) is 26.2 Å². The normalized spacial score (nSPS) is 16.3. The van der Waals surface area contributed by atoms with Crippen LogP contribution in [0, 0.1) is 6.92 Å². The average Bonchev–Trinajstić information content (AvgIpc) is 2.67. The van der Waals surface area contributed by atoms with Crippen molar-refractivity contribution >= 4 is 0 Å². The van der Waals surface area contributed by atoms with Crippen LogP contribution in [0.1, 0.15) is 36.6 Å². The summed E-state index contributed by atoms with van der Waals surface area (Å²) in [5.41, 5.74) is 3.86. The van der Waals surface area contributed by atoms with Gasteiger partial charge in [0.2, 0.25) is 0 Å². The maximum absolute atomic E-state index is 5.87. The predicted molar refractivity (Wildman–Crippen MR) is 106 cm³/mol. The van der Waals surface area contributed by atoms with Crippen molar-refractivity contribution in [2.75, 3.05) is 39.4 Å². The first-order valence-corrected chi connectivity index (χ1v) is 9.63. The van der Waals surface area contributed by atoms with Crippen LogP contribution in [0.5, 0.6) is 11.5 Å². The Balaban J connectivity index is 2.00. The summed E-state index contributed by atoms with van der Waals surface area (Å²) >= 11 is 0. The minimum absolute atomic E-state index is 0.229. The highest BCUT2D eigenvalue weighted by Gasteiger charge is 2.25. The molecule has 1 heterocycles. The Bertz CT molecular complexity index is 694. The molecule has 4 heteroatoms. The molecule has 0 amide bonds. The minimum atomic E-state index is 0.229. The third kappa shape index (κ3) is 4.37. The van der Waals surface area contributed by atoms with Crippen LogP contribution >= 0.6 is 0 Å². The Morgan fingerprint density at radius 2 is 1.50 bits per heavy atom. The number of benzene rings is 2. The standard InChI is InChI=1S/C22H30N2O2/c1-4-25-20-11-10-19(16-21(20)26-5-2)22(24-14-12-23-13-15-24)18-8-6-17(3)7-9-18/h6-11,16,22-23H,4-5,12-15H2,1-3H3. The molecule has 3 rings (SSSR count). The van der Waals surface area contributed by atoms with E-state index in [0.717, 1.165) is 37.7 Å². The lowest BCUT2D eigenvalue weighted by molar-refractivity contribution is 0.197. The van der Waals surface area contributed by atoms with Crippen molar-refractivity contribution in [1.29, 1.82) is 0 Å². The maximum Gasteiger partial charge on any atom is 0.161 e. The topological polar surface area (TPSA) is 33.7 Å². The van der Waals surface area contributed by atoms with Crippen molar-refractivity contribution in [2.45, 2.75) is 26.8 Å². The molecule has 1 saturated heterocycles. The fourth-order valence-electron chi connectivity index (χ4n) is 3.54. The molecule has 0 radical (unpaired) electrons. The molecule has 0 spiro atoms. The number of hydrogen-bond donors (Lipinski definition) is 1. The zero-order chi connectivity index (χ0) is 18.4. The second-order valence-electron chi connectivity index (χ2n) is 6.67. The van der Waals surface area contributed by atoms with Crippen LogP contribution in [0.15, 0.2) is 42.5 Å². The summed E-state index contributed by atoms with van der Waals surface area (Å²) in [6.07, 6.45) is 0. The fraction of sp³-hybridized carbons (Fsp3) is 0.455. The molecule has 1 N–H and O–H groups in total. The van der Waals surface area contributed by atoms with Gasteiger partial charge in [-0.05, 0) is 44.0 Å². The highest BCUT2D eigenvalue weighted by molar-refractivity contribution is 5.46. The second-order valence-corrected chi connectivity index (χ2v) is 6.67. The summed E-state index contributed by atoms with van der Waals surface area (Å²) in [4.78, 5) is 2.55. The lowest BCUT2D eigenvalue weighted by atomic mass is 9.95. The molecular weight excluding hydrogens is 324 g/mol. The first kappa shape index (κ1) is 18.7. The molecule has 0 aliphatic carbocycles. The summed E-state index contributed by atoms with van der Waals surface area (Å²) in [7, 11) is 0. The molecule has 1 unspecified atom stereocenters. The Morgan fingerprint density at radius 1 is 0.885 bits per heavy atom. The van der Waals surface area contributed by atoms with E-state index in [1.54, 1.807) is 0 Å². The van der Waals surface area contributed by atoms with Crippen LogP contribution in [0.3, 0.4) is 0 Å². The van der Waals surface area contributed by atoms with Gasteiger partial charge in [-0.3, -0.25) is 4.90 Å². The Hall–Kier alpha value is -2.04. The number of piperazine rings is 1. The van der Waals surface area contributed by atoms with Crippen LogP contribution in [-0.4, -0.2) is 44.3 Å². The largest absolute Gasteiger partial charge is 0.490 e. The van der Waals surface area contributed by atoms with Crippen LogP contribution in [-0.2, 0) is 0 Å². The first-order valence-electron chi connectivity index (χ1n) is 9.63. The molecule has 2 aromatic carbocycles. The summed E-state index contributed by atoms with van der Waals surface area (Å²) in [5.74, 6) is 1.65. The SMILES string of the molecule is CCOc1ccc(C(c2ccc(C)cc2)N2CCNCC2)cc1OCC. The van der Waals surface area contributed by atoms with E-state index in [1.165, 1.54) is 16.7 Å². The molecule has 1 aliphatic rings. The van der Waals surface area contributed by atoms with E-state index in [2.05, 4.69) is 53.5 Å². The number of ether oxygens (including phenoxy) is 2. The van der Waals surface area contributed by atoms with Gasteiger partial charge in [0.1, 0.15) is 0 Å². The van der Waals surface area contributed by atoms with E-state index in [9.17, 15) is 0 Å². The van der Waals surface area contributed by atoms with Crippen LogP contribution in [0.2, 0.25) is 0 Å². The molecule has 1 fully saturated rings. The van der Waals surface area contributed by atoms with Crippen LogP contribution < -0.4 is 14.8 Å². The van der Waals surface area contributed by atoms with E-state index < -0.39 is 0 Å². The van der Waals surface area contributed by atoms with E-state index in [1.807, 2.05) is 19.9 Å². The van der Waals surface area contributed by atoms with Gasteiger partial charge in [-0.15, -0.1) is 0 Å². The highest BCUT2D eigenvalue weighted by Crippen LogP contribution is 2.35. The lowest BCUT2D eigenvalue weighted by Crippen LogP contribution is -2.45. The summed E-state index contributed by atoms with van der Waals surface area (Å²) < 4.78 is 11.6. The number of nitrogens with zero attached hydrogens (tertiary/aromatic N) is 1. The van der Waals surface area contributed by atoms with Gasteiger partial charge in [0.25, 0.3) is 0 Å². The van der Waals surface area contributed by atoms with Gasteiger partial charge in [-0.25, -0.2) is 0 Å². The van der Waals surface area contributed by atoms with Crippen molar-refractivity contribution in [2.24, 2.45) is 0 Å². The summed E-state index contributed by atoms with van der Waals surface area (Å²) in [5, 5.41) is 3.45. The average molecular weight is 354 g/mol. The van der Waals surface area contributed by atoms with Crippen molar-refractivity contribution < 1.29 is 9.47 Å². The van der Waals surface area contributed by atoms with E-state index in [-0.39, 0.29) is 6.04 Å². The molecular formula is C22H30N2O2. The smallest absolute Gasteiger partial charge is 0.161 e. The van der Waals surface area contributed by atoms with Gasteiger partial charge in [0.05, 0.1) is 19.3 Å². The second kappa shape index (κ2) is 9.06. The van der Waals surface area contributed by atoms with Crippen molar-refractivity contribution in [3.63, 3.8) is 0 Å². The fourth-order valence-corrected chi connectivity index (χ4v) is 3.54. The molecule has 2 aromatic rings.